The summed E-state index contributed by atoms with van der Waals surface area (Å²) in [5.41, 5.74) is 2.18. The van der Waals surface area contributed by atoms with Crippen molar-refractivity contribution in [2.75, 3.05) is 24.4 Å². The molecule has 1 fully saturated rings. The monoisotopic (exact) mass is 450 g/mol. The van der Waals surface area contributed by atoms with Crippen molar-refractivity contribution in [2.45, 2.75) is 12.3 Å². The molecule has 0 bridgehead atoms. The Kier molecular flexibility index (Phi) is 6.61. The topological polar surface area (TPSA) is 76.7 Å². The average Bonchev–Trinajstić information content (AvgIpc) is 3.59. The molecule has 164 valence electrons. The first-order valence-electron chi connectivity index (χ1n) is 10.3. The summed E-state index contributed by atoms with van der Waals surface area (Å²) in [5, 5.41) is 6.39. The molecule has 6 nitrogen and oxygen atoms in total. The van der Waals surface area contributed by atoms with Crippen molar-refractivity contribution in [3.05, 3.63) is 83.4 Å². The zero-order chi connectivity index (χ0) is 22.5. The number of ether oxygens (including phenoxy) is 2. The van der Waals surface area contributed by atoms with E-state index in [0.717, 1.165) is 12.0 Å². The SMILES string of the molecule is COc1ccccc1OCC(=O)Nc1cccc(NC(=O)C2CC2c2ccccc2Cl)c1. The normalized spacial score (nSPS) is 16.7. The molecule has 3 aromatic rings. The number of hydrogen-bond acceptors (Lipinski definition) is 4. The van der Waals surface area contributed by atoms with Gasteiger partial charge < -0.3 is 20.1 Å². The maximum absolute atomic E-state index is 12.6. The van der Waals surface area contributed by atoms with Gasteiger partial charge in [-0.15, -0.1) is 0 Å². The molecule has 0 aliphatic heterocycles. The minimum Gasteiger partial charge on any atom is -0.493 e. The largest absolute Gasteiger partial charge is 0.493 e. The van der Waals surface area contributed by atoms with Crippen LogP contribution in [0.1, 0.15) is 17.9 Å². The smallest absolute Gasteiger partial charge is 0.262 e. The van der Waals surface area contributed by atoms with E-state index in [2.05, 4.69) is 10.6 Å². The molecule has 0 saturated heterocycles. The summed E-state index contributed by atoms with van der Waals surface area (Å²) in [6, 6.07) is 21.7. The van der Waals surface area contributed by atoms with Gasteiger partial charge in [0.2, 0.25) is 5.91 Å². The number of carbonyl (C=O) groups is 2. The van der Waals surface area contributed by atoms with E-state index in [1.165, 1.54) is 0 Å². The third-order valence-corrected chi connectivity index (χ3v) is 5.62. The molecule has 2 amide bonds. The summed E-state index contributed by atoms with van der Waals surface area (Å²) in [4.78, 5) is 24.9. The summed E-state index contributed by atoms with van der Waals surface area (Å²) in [7, 11) is 1.54. The lowest BCUT2D eigenvalue weighted by molar-refractivity contribution is -0.118. The molecule has 32 heavy (non-hydrogen) atoms. The van der Waals surface area contributed by atoms with Crippen molar-refractivity contribution in [3.8, 4) is 11.5 Å². The lowest BCUT2D eigenvalue weighted by Gasteiger charge is -2.11. The average molecular weight is 451 g/mol. The Morgan fingerprint density at radius 1 is 0.938 bits per heavy atom. The predicted octanol–water partition coefficient (Wildman–Crippen LogP) is 5.11. The van der Waals surface area contributed by atoms with Gasteiger partial charge in [0.15, 0.2) is 18.1 Å². The molecule has 0 spiro atoms. The second-order valence-corrected chi connectivity index (χ2v) is 7.94. The Labute approximate surface area is 191 Å². The van der Waals surface area contributed by atoms with Gasteiger partial charge in [-0.2, -0.15) is 0 Å². The van der Waals surface area contributed by atoms with E-state index < -0.39 is 0 Å². The van der Waals surface area contributed by atoms with Crippen LogP contribution < -0.4 is 20.1 Å². The van der Waals surface area contributed by atoms with Crippen LogP contribution in [-0.4, -0.2) is 25.5 Å². The number of benzene rings is 3. The van der Waals surface area contributed by atoms with E-state index in [1.54, 1.807) is 49.6 Å². The fourth-order valence-corrected chi connectivity index (χ4v) is 3.87. The van der Waals surface area contributed by atoms with Crippen LogP contribution in [0.3, 0.4) is 0 Å². The first kappa shape index (κ1) is 21.7. The van der Waals surface area contributed by atoms with Gasteiger partial charge in [0.1, 0.15) is 0 Å². The standard InChI is InChI=1S/C25H23ClN2O4/c1-31-22-11-4-5-12-23(22)32-15-24(29)27-16-7-6-8-17(13-16)28-25(30)20-14-19(20)18-9-2-3-10-21(18)26/h2-13,19-20H,14-15H2,1H3,(H,27,29)(H,28,30). The van der Waals surface area contributed by atoms with Crippen LogP contribution in [0, 0.1) is 5.92 Å². The van der Waals surface area contributed by atoms with Crippen LogP contribution in [0.5, 0.6) is 11.5 Å². The van der Waals surface area contributed by atoms with Crippen LogP contribution >= 0.6 is 11.6 Å². The minimum atomic E-state index is -0.319. The number of para-hydroxylation sites is 2. The second kappa shape index (κ2) is 9.75. The predicted molar refractivity (Wildman–Crippen MR) is 124 cm³/mol. The third kappa shape index (κ3) is 5.21. The Morgan fingerprint density at radius 2 is 1.62 bits per heavy atom. The van der Waals surface area contributed by atoms with Crippen LogP contribution in [0.2, 0.25) is 5.02 Å². The molecule has 2 N–H and O–H groups in total. The minimum absolute atomic E-state index is 0.0575. The summed E-state index contributed by atoms with van der Waals surface area (Å²) < 4.78 is 10.8. The van der Waals surface area contributed by atoms with Gasteiger partial charge >= 0.3 is 0 Å². The van der Waals surface area contributed by atoms with Crippen molar-refractivity contribution in [1.29, 1.82) is 0 Å². The summed E-state index contributed by atoms with van der Waals surface area (Å²) in [5.74, 6) is 0.697. The molecule has 7 heteroatoms. The number of halogens is 1. The van der Waals surface area contributed by atoms with Crippen molar-refractivity contribution in [2.24, 2.45) is 5.92 Å². The number of nitrogens with one attached hydrogen (secondary N) is 2. The Bertz CT molecular complexity index is 1130. The van der Waals surface area contributed by atoms with Gasteiger partial charge in [-0.05, 0) is 54.3 Å². The number of hydrogen-bond donors (Lipinski definition) is 2. The highest BCUT2D eigenvalue weighted by Crippen LogP contribution is 2.50. The van der Waals surface area contributed by atoms with Gasteiger partial charge in [-0.1, -0.05) is 48.0 Å². The summed E-state index contributed by atoms with van der Waals surface area (Å²) >= 11 is 6.25. The van der Waals surface area contributed by atoms with E-state index in [0.29, 0.717) is 27.9 Å². The zero-order valence-electron chi connectivity index (χ0n) is 17.5. The second-order valence-electron chi connectivity index (χ2n) is 7.53. The first-order valence-corrected chi connectivity index (χ1v) is 10.6. The molecule has 1 aliphatic carbocycles. The molecule has 1 saturated carbocycles. The highest BCUT2D eigenvalue weighted by atomic mass is 35.5. The van der Waals surface area contributed by atoms with Crippen molar-refractivity contribution in [1.82, 2.24) is 0 Å². The van der Waals surface area contributed by atoms with Gasteiger partial charge in [0, 0.05) is 22.3 Å². The lowest BCUT2D eigenvalue weighted by atomic mass is 10.1. The molecule has 4 rings (SSSR count). The summed E-state index contributed by atoms with van der Waals surface area (Å²) in [6.45, 7) is -0.168. The number of anilines is 2. The Hall–Kier alpha value is -3.51. The van der Waals surface area contributed by atoms with Gasteiger partial charge in [-0.3, -0.25) is 9.59 Å². The van der Waals surface area contributed by atoms with Gasteiger partial charge in [0.25, 0.3) is 5.91 Å². The number of rotatable bonds is 8. The molecule has 1 aliphatic rings. The maximum Gasteiger partial charge on any atom is 0.262 e. The molecule has 3 aromatic carbocycles. The third-order valence-electron chi connectivity index (χ3n) is 5.27. The summed E-state index contributed by atoms with van der Waals surface area (Å²) in [6.07, 6.45) is 0.770. The Morgan fingerprint density at radius 3 is 2.38 bits per heavy atom. The first-order chi connectivity index (χ1) is 15.5. The number of carbonyl (C=O) groups excluding carboxylic acids is 2. The highest BCUT2D eigenvalue weighted by molar-refractivity contribution is 6.31. The van der Waals surface area contributed by atoms with Crippen LogP contribution in [0.15, 0.2) is 72.8 Å². The van der Waals surface area contributed by atoms with Crippen molar-refractivity contribution >= 4 is 34.8 Å². The van der Waals surface area contributed by atoms with Gasteiger partial charge in [0.05, 0.1) is 7.11 Å². The molecule has 0 heterocycles. The fraction of sp³-hybridized carbons (Fsp3) is 0.200. The zero-order valence-corrected chi connectivity index (χ0v) is 18.3. The van der Waals surface area contributed by atoms with Crippen LogP contribution in [-0.2, 0) is 9.59 Å². The van der Waals surface area contributed by atoms with Crippen LogP contribution in [0.4, 0.5) is 11.4 Å². The van der Waals surface area contributed by atoms with E-state index in [1.807, 2.05) is 30.3 Å². The Balaban J connectivity index is 1.31. The highest BCUT2D eigenvalue weighted by Gasteiger charge is 2.44. The maximum atomic E-state index is 12.6. The quantitative estimate of drug-likeness (QED) is 0.500. The van der Waals surface area contributed by atoms with Crippen LogP contribution in [0.25, 0.3) is 0 Å². The van der Waals surface area contributed by atoms with Gasteiger partial charge in [-0.25, -0.2) is 0 Å². The van der Waals surface area contributed by atoms with E-state index >= 15 is 0 Å². The molecule has 2 atom stereocenters. The fourth-order valence-electron chi connectivity index (χ4n) is 3.59. The van der Waals surface area contributed by atoms with Crippen molar-refractivity contribution < 1.29 is 19.1 Å². The van der Waals surface area contributed by atoms with Crippen molar-refractivity contribution in [3.63, 3.8) is 0 Å². The molecular formula is C25H23ClN2O4. The molecule has 0 aromatic heterocycles. The van der Waals surface area contributed by atoms with E-state index in [4.69, 9.17) is 21.1 Å². The van der Waals surface area contributed by atoms with E-state index in [-0.39, 0.29) is 30.3 Å². The molecular weight excluding hydrogens is 428 g/mol. The lowest BCUT2D eigenvalue weighted by Crippen LogP contribution is -2.20. The number of amides is 2. The van der Waals surface area contributed by atoms with E-state index in [9.17, 15) is 9.59 Å². The molecule has 2 unspecified atom stereocenters. The number of methoxy groups -OCH3 is 1. The molecule has 0 radical (unpaired) electrons.